The van der Waals surface area contributed by atoms with Crippen LogP contribution in [0.1, 0.15) is 17.3 Å². The highest BCUT2D eigenvalue weighted by Gasteiger charge is 2.01. The van der Waals surface area contributed by atoms with Crippen molar-refractivity contribution in [2.75, 3.05) is 5.73 Å². The number of carbonyl (C=O) groups excluding carboxylic acids is 1. The lowest BCUT2D eigenvalue weighted by atomic mass is 10.1. The fourth-order valence-electron chi connectivity index (χ4n) is 0.763. The molecule has 0 aliphatic heterocycles. The van der Waals surface area contributed by atoms with E-state index in [4.69, 9.17) is 17.3 Å². The zero-order valence-corrected chi connectivity index (χ0v) is 8.08. The SMILES string of the molecule is CC(=O)c1ccc(Cl)c(N)c1.Cl. The van der Waals surface area contributed by atoms with Crippen LogP contribution in [-0.4, -0.2) is 5.78 Å². The molecule has 0 aliphatic rings. The molecule has 66 valence electrons. The molecule has 0 amide bonds. The van der Waals surface area contributed by atoms with Crippen molar-refractivity contribution in [2.24, 2.45) is 0 Å². The Morgan fingerprint density at radius 3 is 2.50 bits per heavy atom. The monoisotopic (exact) mass is 205 g/mol. The summed E-state index contributed by atoms with van der Waals surface area (Å²) < 4.78 is 0. The fraction of sp³-hybridized carbons (Fsp3) is 0.125. The first-order chi connectivity index (χ1) is 5.11. The molecule has 0 bridgehead atoms. The summed E-state index contributed by atoms with van der Waals surface area (Å²) in [6, 6.07) is 4.85. The first kappa shape index (κ1) is 11.3. The van der Waals surface area contributed by atoms with Crippen molar-refractivity contribution in [3.63, 3.8) is 0 Å². The molecule has 4 heteroatoms. The Labute approximate surface area is 82.1 Å². The van der Waals surface area contributed by atoms with Crippen LogP contribution < -0.4 is 5.73 Å². The number of hydrogen-bond acceptors (Lipinski definition) is 2. The standard InChI is InChI=1S/C8H8ClNO.ClH/c1-5(11)6-2-3-7(9)8(10)4-6;/h2-4H,10H2,1H3;1H. The molecule has 0 saturated carbocycles. The summed E-state index contributed by atoms with van der Waals surface area (Å²) in [7, 11) is 0. The Balaban J connectivity index is 0.00000121. The lowest BCUT2D eigenvalue weighted by Gasteiger charge is -1.98. The summed E-state index contributed by atoms with van der Waals surface area (Å²) in [5, 5.41) is 0.481. The summed E-state index contributed by atoms with van der Waals surface area (Å²) in [4.78, 5) is 10.8. The molecule has 2 N–H and O–H groups in total. The van der Waals surface area contributed by atoms with Crippen LogP contribution in [0.25, 0.3) is 0 Å². The van der Waals surface area contributed by atoms with Gasteiger partial charge in [0.15, 0.2) is 5.78 Å². The molecule has 0 heterocycles. The first-order valence-electron chi connectivity index (χ1n) is 3.17. The van der Waals surface area contributed by atoms with Gasteiger partial charge in [-0.2, -0.15) is 0 Å². The van der Waals surface area contributed by atoms with E-state index in [0.717, 1.165) is 0 Å². The summed E-state index contributed by atoms with van der Waals surface area (Å²) in [6.07, 6.45) is 0. The molecule has 2 nitrogen and oxygen atoms in total. The third-order valence-corrected chi connectivity index (χ3v) is 1.75. The lowest BCUT2D eigenvalue weighted by molar-refractivity contribution is 0.101. The number of anilines is 1. The van der Waals surface area contributed by atoms with E-state index in [0.29, 0.717) is 16.3 Å². The van der Waals surface area contributed by atoms with Crippen molar-refractivity contribution in [1.82, 2.24) is 0 Å². The Bertz CT molecular complexity index is 299. The number of Topliss-reactive ketones (excluding diaryl/α,β-unsaturated/α-hetero) is 1. The van der Waals surface area contributed by atoms with Crippen LogP contribution >= 0.6 is 24.0 Å². The van der Waals surface area contributed by atoms with Gasteiger partial charge in [0.2, 0.25) is 0 Å². The van der Waals surface area contributed by atoms with Crippen LogP contribution in [0.2, 0.25) is 5.02 Å². The van der Waals surface area contributed by atoms with E-state index in [-0.39, 0.29) is 18.2 Å². The van der Waals surface area contributed by atoms with Crippen molar-refractivity contribution in [1.29, 1.82) is 0 Å². The molecule has 1 rings (SSSR count). The summed E-state index contributed by atoms with van der Waals surface area (Å²) >= 11 is 5.65. The van der Waals surface area contributed by atoms with Gasteiger partial charge in [0, 0.05) is 5.56 Å². The second-order valence-electron chi connectivity index (χ2n) is 2.29. The summed E-state index contributed by atoms with van der Waals surface area (Å²) in [5.74, 6) is -0.00614. The van der Waals surface area contributed by atoms with Crippen LogP contribution in [0.5, 0.6) is 0 Å². The third-order valence-electron chi connectivity index (χ3n) is 1.40. The molecule has 0 saturated heterocycles. The van der Waals surface area contributed by atoms with E-state index in [1.54, 1.807) is 18.2 Å². The Morgan fingerprint density at radius 2 is 2.08 bits per heavy atom. The largest absolute Gasteiger partial charge is 0.398 e. The average molecular weight is 206 g/mol. The smallest absolute Gasteiger partial charge is 0.159 e. The quantitative estimate of drug-likeness (QED) is 0.566. The van der Waals surface area contributed by atoms with E-state index in [1.165, 1.54) is 6.92 Å². The molecule has 1 aromatic rings. The molecule has 0 aliphatic carbocycles. The minimum absolute atomic E-state index is 0. The van der Waals surface area contributed by atoms with Crippen molar-refractivity contribution < 1.29 is 4.79 Å². The van der Waals surface area contributed by atoms with Gasteiger partial charge in [-0.15, -0.1) is 12.4 Å². The fourth-order valence-corrected chi connectivity index (χ4v) is 0.880. The number of ketones is 1. The van der Waals surface area contributed by atoms with E-state index in [9.17, 15) is 4.79 Å². The molecule has 0 fully saturated rings. The molecule has 1 aromatic carbocycles. The minimum Gasteiger partial charge on any atom is -0.398 e. The van der Waals surface area contributed by atoms with Gasteiger partial charge >= 0.3 is 0 Å². The first-order valence-corrected chi connectivity index (χ1v) is 3.55. The van der Waals surface area contributed by atoms with Gasteiger partial charge in [-0.1, -0.05) is 11.6 Å². The molecule has 0 aromatic heterocycles. The van der Waals surface area contributed by atoms with Crippen LogP contribution in [0.4, 0.5) is 5.69 Å². The highest BCUT2D eigenvalue weighted by atomic mass is 35.5. The summed E-state index contributed by atoms with van der Waals surface area (Å²) in [6.45, 7) is 1.49. The predicted octanol–water partition coefficient (Wildman–Crippen LogP) is 2.55. The molecule has 0 radical (unpaired) electrons. The zero-order valence-electron chi connectivity index (χ0n) is 6.50. The van der Waals surface area contributed by atoms with Gasteiger partial charge in [-0.25, -0.2) is 0 Å². The normalized spacial score (nSPS) is 8.83. The van der Waals surface area contributed by atoms with Crippen LogP contribution in [-0.2, 0) is 0 Å². The maximum Gasteiger partial charge on any atom is 0.159 e. The molecular weight excluding hydrogens is 197 g/mol. The molecule has 0 spiro atoms. The van der Waals surface area contributed by atoms with Gasteiger partial charge in [0.05, 0.1) is 10.7 Å². The van der Waals surface area contributed by atoms with Crippen molar-refractivity contribution in [2.45, 2.75) is 6.92 Å². The Kier molecular flexibility index (Phi) is 4.07. The number of carbonyl (C=O) groups is 1. The number of nitrogens with two attached hydrogens (primary N) is 1. The molecular formula is C8H9Cl2NO. The number of hydrogen-bond donors (Lipinski definition) is 1. The van der Waals surface area contributed by atoms with Crippen molar-refractivity contribution in [3.8, 4) is 0 Å². The molecule has 0 unspecified atom stereocenters. The zero-order chi connectivity index (χ0) is 8.43. The maximum atomic E-state index is 10.8. The summed E-state index contributed by atoms with van der Waals surface area (Å²) in [5.41, 5.74) is 6.51. The second-order valence-corrected chi connectivity index (χ2v) is 2.70. The lowest BCUT2D eigenvalue weighted by Crippen LogP contribution is -1.94. The topological polar surface area (TPSA) is 43.1 Å². The maximum absolute atomic E-state index is 10.8. The van der Waals surface area contributed by atoms with Gasteiger partial charge in [-0.05, 0) is 25.1 Å². The van der Waals surface area contributed by atoms with E-state index >= 15 is 0 Å². The minimum atomic E-state index is -0.00614. The van der Waals surface area contributed by atoms with Crippen molar-refractivity contribution in [3.05, 3.63) is 28.8 Å². The molecule has 0 atom stereocenters. The third kappa shape index (κ3) is 2.40. The van der Waals surface area contributed by atoms with Gasteiger partial charge in [-0.3, -0.25) is 4.79 Å². The number of benzene rings is 1. The van der Waals surface area contributed by atoms with Crippen LogP contribution in [0, 0.1) is 0 Å². The van der Waals surface area contributed by atoms with Gasteiger partial charge in [0.1, 0.15) is 0 Å². The van der Waals surface area contributed by atoms with E-state index in [1.807, 2.05) is 0 Å². The van der Waals surface area contributed by atoms with Gasteiger partial charge in [0.25, 0.3) is 0 Å². The van der Waals surface area contributed by atoms with E-state index in [2.05, 4.69) is 0 Å². The van der Waals surface area contributed by atoms with Crippen molar-refractivity contribution >= 4 is 35.5 Å². The predicted molar refractivity (Wildman–Crippen MR) is 53.1 cm³/mol. The van der Waals surface area contributed by atoms with Gasteiger partial charge < -0.3 is 5.73 Å². The Hall–Kier alpha value is -0.730. The number of halogens is 2. The van der Waals surface area contributed by atoms with Crippen LogP contribution in [0.15, 0.2) is 18.2 Å². The second kappa shape index (κ2) is 4.33. The van der Waals surface area contributed by atoms with Crippen LogP contribution in [0.3, 0.4) is 0 Å². The number of nitrogen functional groups attached to an aromatic ring is 1. The molecule has 12 heavy (non-hydrogen) atoms. The number of rotatable bonds is 1. The Morgan fingerprint density at radius 1 is 1.50 bits per heavy atom. The highest BCUT2D eigenvalue weighted by Crippen LogP contribution is 2.19. The van der Waals surface area contributed by atoms with E-state index < -0.39 is 0 Å². The average Bonchev–Trinajstić information content (AvgIpc) is 1.94. The highest BCUT2D eigenvalue weighted by molar-refractivity contribution is 6.33.